The van der Waals surface area contributed by atoms with Gasteiger partial charge in [-0.05, 0) is 50.0 Å². The first kappa shape index (κ1) is 12.6. The molecule has 2 aromatic rings. The lowest BCUT2D eigenvalue weighted by molar-refractivity contribution is 0.445. The van der Waals surface area contributed by atoms with Gasteiger partial charge in [-0.1, -0.05) is 6.92 Å². The van der Waals surface area contributed by atoms with E-state index in [4.69, 9.17) is 0 Å². The minimum absolute atomic E-state index is 0.781. The Labute approximate surface area is 124 Å². The molecule has 3 nitrogen and oxygen atoms in total. The minimum Gasteiger partial charge on any atom is -0.356 e. The second-order valence-electron chi connectivity index (χ2n) is 6.28. The third kappa shape index (κ3) is 2.01. The first-order valence-corrected chi connectivity index (χ1v) is 8.65. The molecule has 4 heteroatoms. The third-order valence-corrected chi connectivity index (χ3v) is 5.89. The number of nitrogens with zero attached hydrogens (tertiary/aromatic N) is 3. The number of aromatic nitrogens is 2. The van der Waals surface area contributed by atoms with Gasteiger partial charge >= 0.3 is 0 Å². The summed E-state index contributed by atoms with van der Waals surface area (Å²) in [7, 11) is 0. The summed E-state index contributed by atoms with van der Waals surface area (Å²) in [4.78, 5) is 14.5. The highest BCUT2D eigenvalue weighted by molar-refractivity contribution is 7.19. The maximum atomic E-state index is 4.67. The van der Waals surface area contributed by atoms with Crippen molar-refractivity contribution in [1.29, 1.82) is 0 Å². The van der Waals surface area contributed by atoms with Crippen LogP contribution in [0.15, 0.2) is 6.33 Å². The van der Waals surface area contributed by atoms with Crippen molar-refractivity contribution >= 4 is 27.4 Å². The Morgan fingerprint density at radius 1 is 1.20 bits per heavy atom. The summed E-state index contributed by atoms with van der Waals surface area (Å²) in [5.74, 6) is 1.99. The van der Waals surface area contributed by atoms with Gasteiger partial charge in [-0.15, -0.1) is 11.3 Å². The smallest absolute Gasteiger partial charge is 0.141 e. The second-order valence-corrected chi connectivity index (χ2v) is 7.37. The number of hydrogen-bond acceptors (Lipinski definition) is 4. The van der Waals surface area contributed by atoms with Gasteiger partial charge in [0.25, 0.3) is 0 Å². The molecule has 0 bridgehead atoms. The van der Waals surface area contributed by atoms with E-state index >= 15 is 0 Å². The summed E-state index contributed by atoms with van der Waals surface area (Å²) in [5.41, 5.74) is 1.56. The van der Waals surface area contributed by atoms with Gasteiger partial charge in [-0.3, -0.25) is 0 Å². The van der Waals surface area contributed by atoms with Crippen LogP contribution < -0.4 is 4.90 Å². The predicted molar refractivity (Wildman–Crippen MR) is 84.7 cm³/mol. The Morgan fingerprint density at radius 2 is 2.10 bits per heavy atom. The van der Waals surface area contributed by atoms with E-state index < -0.39 is 0 Å². The summed E-state index contributed by atoms with van der Waals surface area (Å²) >= 11 is 1.90. The van der Waals surface area contributed by atoms with Crippen LogP contribution in [0.25, 0.3) is 10.2 Å². The average Bonchev–Trinajstić information content (AvgIpc) is 2.85. The lowest BCUT2D eigenvalue weighted by atomic mass is 9.96. The molecule has 106 valence electrons. The highest BCUT2D eigenvalue weighted by Gasteiger charge is 2.24. The number of piperidine rings is 1. The molecule has 20 heavy (non-hydrogen) atoms. The van der Waals surface area contributed by atoms with Crippen LogP contribution in [0.2, 0.25) is 0 Å². The van der Waals surface area contributed by atoms with E-state index in [1.54, 1.807) is 16.8 Å². The zero-order valence-electron chi connectivity index (χ0n) is 12.1. The van der Waals surface area contributed by atoms with Crippen molar-refractivity contribution in [2.75, 3.05) is 18.0 Å². The molecule has 0 amide bonds. The third-order valence-electron chi connectivity index (χ3n) is 4.69. The summed E-state index contributed by atoms with van der Waals surface area (Å²) in [6, 6.07) is 0. The van der Waals surface area contributed by atoms with Crippen LogP contribution in [0.5, 0.6) is 0 Å². The first-order chi connectivity index (χ1) is 9.83. The fourth-order valence-electron chi connectivity index (χ4n) is 3.70. The molecule has 0 spiro atoms. The number of fused-ring (bicyclic) bond motifs is 3. The summed E-state index contributed by atoms with van der Waals surface area (Å²) in [6.07, 6.45) is 9.53. The van der Waals surface area contributed by atoms with Gasteiger partial charge < -0.3 is 4.90 Å². The fourth-order valence-corrected chi connectivity index (χ4v) is 4.92. The Hall–Kier alpha value is -1.16. The van der Waals surface area contributed by atoms with Crippen LogP contribution in [0, 0.1) is 5.92 Å². The zero-order valence-corrected chi connectivity index (χ0v) is 12.9. The fraction of sp³-hybridized carbons (Fsp3) is 0.625. The zero-order chi connectivity index (χ0) is 13.5. The molecule has 2 aliphatic rings. The molecular weight excluding hydrogens is 266 g/mol. The van der Waals surface area contributed by atoms with E-state index in [0.29, 0.717) is 0 Å². The van der Waals surface area contributed by atoms with E-state index in [9.17, 15) is 0 Å². The van der Waals surface area contributed by atoms with Crippen LogP contribution in [0.1, 0.15) is 43.0 Å². The van der Waals surface area contributed by atoms with E-state index in [2.05, 4.69) is 21.8 Å². The van der Waals surface area contributed by atoms with Crippen molar-refractivity contribution < 1.29 is 0 Å². The van der Waals surface area contributed by atoms with Gasteiger partial charge in [-0.25, -0.2) is 9.97 Å². The standard InChI is InChI=1S/C16H21N3S/c1-11-5-4-8-19(9-11)15-14-12-6-2-3-7-13(12)20-16(14)18-10-17-15/h10-11H,2-9H2,1H3/t11-/m0/s1. The number of hydrogen-bond donors (Lipinski definition) is 0. The SMILES string of the molecule is C[C@H]1CCCN(c2ncnc3sc4c(c23)CCCC4)C1. The molecule has 1 saturated heterocycles. The Morgan fingerprint density at radius 3 is 3.00 bits per heavy atom. The minimum atomic E-state index is 0.781. The molecule has 1 fully saturated rings. The van der Waals surface area contributed by atoms with Gasteiger partial charge in [0.1, 0.15) is 17.0 Å². The average molecular weight is 287 g/mol. The van der Waals surface area contributed by atoms with E-state index in [1.165, 1.54) is 54.6 Å². The number of thiophene rings is 1. The van der Waals surface area contributed by atoms with Crippen molar-refractivity contribution in [3.8, 4) is 0 Å². The molecule has 4 rings (SSSR count). The van der Waals surface area contributed by atoms with Crippen LogP contribution in [0.3, 0.4) is 0 Å². The van der Waals surface area contributed by atoms with Gasteiger partial charge in [-0.2, -0.15) is 0 Å². The molecule has 1 aliphatic heterocycles. The van der Waals surface area contributed by atoms with Crippen molar-refractivity contribution in [3.63, 3.8) is 0 Å². The summed E-state index contributed by atoms with van der Waals surface area (Å²) < 4.78 is 0. The molecule has 0 aromatic carbocycles. The maximum absolute atomic E-state index is 4.67. The maximum Gasteiger partial charge on any atom is 0.141 e. The molecule has 0 unspecified atom stereocenters. The first-order valence-electron chi connectivity index (χ1n) is 7.83. The largest absolute Gasteiger partial charge is 0.356 e. The number of rotatable bonds is 1. The predicted octanol–water partition coefficient (Wildman–Crippen LogP) is 3.81. The van der Waals surface area contributed by atoms with Crippen LogP contribution in [0.4, 0.5) is 5.82 Å². The highest BCUT2D eigenvalue weighted by Crippen LogP contribution is 2.39. The van der Waals surface area contributed by atoms with Crippen LogP contribution in [-0.4, -0.2) is 23.1 Å². The van der Waals surface area contributed by atoms with E-state index in [-0.39, 0.29) is 0 Å². The van der Waals surface area contributed by atoms with Crippen molar-refractivity contribution in [2.45, 2.75) is 45.4 Å². The molecule has 2 aromatic heterocycles. The van der Waals surface area contributed by atoms with Gasteiger partial charge in [0, 0.05) is 18.0 Å². The Kier molecular flexibility index (Phi) is 3.14. The van der Waals surface area contributed by atoms with Gasteiger partial charge in [0.05, 0.1) is 5.39 Å². The van der Waals surface area contributed by atoms with Gasteiger partial charge in [0.2, 0.25) is 0 Å². The molecule has 0 radical (unpaired) electrons. The molecule has 0 saturated carbocycles. The molecule has 0 N–H and O–H groups in total. The highest BCUT2D eigenvalue weighted by atomic mass is 32.1. The molecule has 1 aliphatic carbocycles. The number of anilines is 1. The Balaban J connectivity index is 1.84. The lowest BCUT2D eigenvalue weighted by Crippen LogP contribution is -2.35. The Bertz CT molecular complexity index is 634. The monoisotopic (exact) mass is 287 g/mol. The topological polar surface area (TPSA) is 29.0 Å². The molecular formula is C16H21N3S. The normalized spacial score (nSPS) is 23.1. The quantitative estimate of drug-likeness (QED) is 0.798. The van der Waals surface area contributed by atoms with Crippen molar-refractivity contribution in [3.05, 3.63) is 16.8 Å². The summed E-state index contributed by atoms with van der Waals surface area (Å²) in [6.45, 7) is 4.66. The molecule has 3 heterocycles. The van der Waals surface area contributed by atoms with Crippen molar-refractivity contribution in [1.82, 2.24) is 9.97 Å². The van der Waals surface area contributed by atoms with Gasteiger partial charge in [0.15, 0.2) is 0 Å². The summed E-state index contributed by atoms with van der Waals surface area (Å²) in [5, 5.41) is 1.38. The van der Waals surface area contributed by atoms with E-state index in [0.717, 1.165) is 19.0 Å². The van der Waals surface area contributed by atoms with E-state index in [1.807, 2.05) is 11.3 Å². The second kappa shape index (κ2) is 4.99. The molecule has 1 atom stereocenters. The number of aryl methyl sites for hydroxylation is 2. The van der Waals surface area contributed by atoms with Crippen molar-refractivity contribution in [2.24, 2.45) is 5.92 Å². The van der Waals surface area contributed by atoms with Crippen LogP contribution >= 0.6 is 11.3 Å². The lowest BCUT2D eigenvalue weighted by Gasteiger charge is -2.32. The van der Waals surface area contributed by atoms with Crippen LogP contribution in [-0.2, 0) is 12.8 Å².